The van der Waals surface area contributed by atoms with Crippen molar-refractivity contribution in [2.75, 3.05) is 70.6 Å². The monoisotopic (exact) mass is 597 g/mol. The SMILES string of the molecule is C=CC(=O)Nc1cc(Nc2ncc(CCCOC)c(-c3cn4c5c(cccc35)CCC4)n2)c(OC)cc1N(C)CCN(C)C. The van der Waals surface area contributed by atoms with Crippen LogP contribution in [0, 0.1) is 0 Å². The van der Waals surface area contributed by atoms with Gasteiger partial charge in [0.2, 0.25) is 11.9 Å². The summed E-state index contributed by atoms with van der Waals surface area (Å²) in [5, 5.41) is 7.55. The second-order valence-corrected chi connectivity index (χ2v) is 11.4. The molecule has 44 heavy (non-hydrogen) atoms. The first-order valence-corrected chi connectivity index (χ1v) is 15.1. The molecule has 1 aliphatic heterocycles. The number of nitrogens with one attached hydrogen (secondary N) is 2. The van der Waals surface area contributed by atoms with Crippen LogP contribution in [-0.2, 0) is 28.9 Å². The summed E-state index contributed by atoms with van der Waals surface area (Å²) in [6, 6.07) is 10.3. The maximum absolute atomic E-state index is 12.4. The highest BCUT2D eigenvalue weighted by Gasteiger charge is 2.21. The third-order valence-electron chi connectivity index (χ3n) is 8.04. The Morgan fingerprint density at radius 3 is 2.75 bits per heavy atom. The number of methoxy groups -OCH3 is 2. The van der Waals surface area contributed by atoms with Crippen LogP contribution in [-0.4, -0.2) is 80.4 Å². The number of rotatable bonds is 14. The molecule has 0 saturated heterocycles. The lowest BCUT2D eigenvalue weighted by Crippen LogP contribution is -2.29. The molecule has 2 aromatic heterocycles. The molecule has 2 aromatic carbocycles. The van der Waals surface area contributed by atoms with Crippen LogP contribution in [0.25, 0.3) is 22.2 Å². The first-order chi connectivity index (χ1) is 21.3. The van der Waals surface area contributed by atoms with Crippen molar-refractivity contribution in [3.05, 3.63) is 66.5 Å². The van der Waals surface area contributed by atoms with Crippen LogP contribution in [0.3, 0.4) is 0 Å². The van der Waals surface area contributed by atoms with Crippen LogP contribution < -0.4 is 20.3 Å². The van der Waals surface area contributed by atoms with E-state index in [1.165, 1.54) is 22.5 Å². The number of aryl methyl sites for hydroxylation is 3. The highest BCUT2D eigenvalue weighted by molar-refractivity contribution is 6.02. The molecule has 0 spiro atoms. The molecule has 0 bridgehead atoms. The molecule has 2 N–H and O–H groups in total. The number of anilines is 4. The normalized spacial score (nSPS) is 12.4. The molecule has 10 heteroatoms. The summed E-state index contributed by atoms with van der Waals surface area (Å²) in [4.78, 5) is 26.4. The first-order valence-electron chi connectivity index (χ1n) is 15.1. The average molecular weight is 598 g/mol. The van der Waals surface area contributed by atoms with Crippen LogP contribution in [0.15, 0.2) is 55.4 Å². The van der Waals surface area contributed by atoms with E-state index in [1.807, 2.05) is 39.5 Å². The van der Waals surface area contributed by atoms with Gasteiger partial charge in [-0.3, -0.25) is 4.79 Å². The maximum atomic E-state index is 12.4. The van der Waals surface area contributed by atoms with E-state index >= 15 is 0 Å². The molecule has 0 saturated carbocycles. The number of benzene rings is 2. The number of hydrogen-bond donors (Lipinski definition) is 2. The smallest absolute Gasteiger partial charge is 0.247 e. The fourth-order valence-electron chi connectivity index (χ4n) is 5.76. The minimum absolute atomic E-state index is 0.296. The number of ether oxygens (including phenoxy) is 2. The van der Waals surface area contributed by atoms with E-state index in [1.54, 1.807) is 14.2 Å². The molecule has 0 radical (unpaired) electrons. The van der Waals surface area contributed by atoms with E-state index in [9.17, 15) is 4.79 Å². The molecule has 4 aromatic rings. The van der Waals surface area contributed by atoms with Crippen molar-refractivity contribution in [2.45, 2.75) is 32.2 Å². The van der Waals surface area contributed by atoms with Gasteiger partial charge in [0.15, 0.2) is 0 Å². The maximum Gasteiger partial charge on any atom is 0.247 e. The molecule has 10 nitrogen and oxygen atoms in total. The first kappa shape index (κ1) is 31.0. The van der Waals surface area contributed by atoms with Gasteiger partial charge < -0.3 is 34.5 Å². The van der Waals surface area contributed by atoms with E-state index in [2.05, 4.69) is 56.0 Å². The van der Waals surface area contributed by atoms with Crippen molar-refractivity contribution in [2.24, 2.45) is 0 Å². The molecular formula is C34H43N7O3. The highest BCUT2D eigenvalue weighted by atomic mass is 16.5. The summed E-state index contributed by atoms with van der Waals surface area (Å²) in [5.41, 5.74) is 7.84. The van der Waals surface area contributed by atoms with Crippen molar-refractivity contribution in [1.29, 1.82) is 0 Å². The predicted octanol–water partition coefficient (Wildman–Crippen LogP) is 5.50. The fraction of sp³-hybridized carbons (Fsp3) is 0.382. The topological polar surface area (TPSA) is 96.8 Å². The molecule has 1 amide bonds. The summed E-state index contributed by atoms with van der Waals surface area (Å²) < 4.78 is 13.5. The summed E-state index contributed by atoms with van der Waals surface area (Å²) >= 11 is 0. The molecule has 5 rings (SSSR count). The van der Waals surface area contributed by atoms with Gasteiger partial charge >= 0.3 is 0 Å². The van der Waals surface area contributed by atoms with Crippen LogP contribution in [0.1, 0.15) is 24.0 Å². The zero-order valence-electron chi connectivity index (χ0n) is 26.4. The largest absolute Gasteiger partial charge is 0.494 e. The Morgan fingerprint density at radius 2 is 2.00 bits per heavy atom. The lowest BCUT2D eigenvalue weighted by Gasteiger charge is -2.26. The van der Waals surface area contributed by atoms with E-state index < -0.39 is 0 Å². The van der Waals surface area contributed by atoms with Gasteiger partial charge in [-0.15, -0.1) is 0 Å². The van der Waals surface area contributed by atoms with Crippen molar-refractivity contribution in [1.82, 2.24) is 19.4 Å². The lowest BCUT2D eigenvalue weighted by atomic mass is 9.99. The zero-order valence-corrected chi connectivity index (χ0v) is 26.4. The summed E-state index contributed by atoms with van der Waals surface area (Å²) in [6.45, 7) is 6.89. The molecule has 0 fully saturated rings. The number of aromatic nitrogens is 3. The quantitative estimate of drug-likeness (QED) is 0.145. The van der Waals surface area contributed by atoms with Gasteiger partial charge in [0.05, 0.1) is 35.4 Å². The second kappa shape index (κ2) is 13.9. The van der Waals surface area contributed by atoms with Gasteiger partial charge in [0, 0.05) is 69.8 Å². The average Bonchev–Trinajstić information content (AvgIpc) is 3.40. The van der Waals surface area contributed by atoms with Crippen LogP contribution in [0.2, 0.25) is 0 Å². The zero-order chi connectivity index (χ0) is 31.2. The molecule has 232 valence electrons. The number of likely N-dealkylation sites (N-methyl/N-ethyl adjacent to an activating group) is 2. The van der Waals surface area contributed by atoms with Gasteiger partial charge in [-0.05, 0) is 63.0 Å². The number of amides is 1. The number of para-hydroxylation sites is 1. The van der Waals surface area contributed by atoms with Gasteiger partial charge in [0.1, 0.15) is 5.75 Å². The summed E-state index contributed by atoms with van der Waals surface area (Å²) in [5.74, 6) is 0.751. The predicted molar refractivity (Wildman–Crippen MR) is 178 cm³/mol. The third-order valence-corrected chi connectivity index (χ3v) is 8.04. The highest BCUT2D eigenvalue weighted by Crippen LogP contribution is 2.39. The number of nitrogens with zero attached hydrogens (tertiary/aromatic N) is 5. The number of carbonyl (C=O) groups excluding carboxylic acids is 1. The van der Waals surface area contributed by atoms with Crippen LogP contribution >= 0.6 is 0 Å². The van der Waals surface area contributed by atoms with Gasteiger partial charge in [-0.1, -0.05) is 24.8 Å². The Bertz CT molecular complexity index is 1650. The molecule has 0 atom stereocenters. The van der Waals surface area contributed by atoms with Gasteiger partial charge in [-0.25, -0.2) is 9.97 Å². The van der Waals surface area contributed by atoms with Crippen molar-refractivity contribution < 1.29 is 14.3 Å². The lowest BCUT2D eigenvalue weighted by molar-refractivity contribution is -0.111. The van der Waals surface area contributed by atoms with Crippen LogP contribution in [0.5, 0.6) is 5.75 Å². The Labute approximate surface area is 259 Å². The van der Waals surface area contributed by atoms with E-state index in [0.717, 1.165) is 67.8 Å². The minimum Gasteiger partial charge on any atom is -0.494 e. The Morgan fingerprint density at radius 1 is 1.16 bits per heavy atom. The number of hydrogen-bond acceptors (Lipinski definition) is 8. The van der Waals surface area contributed by atoms with E-state index in [0.29, 0.717) is 29.7 Å². The summed E-state index contributed by atoms with van der Waals surface area (Å²) in [6.07, 6.45) is 9.28. The molecule has 3 heterocycles. The Balaban J connectivity index is 1.56. The fourth-order valence-corrected chi connectivity index (χ4v) is 5.76. The van der Waals surface area contributed by atoms with Gasteiger partial charge in [-0.2, -0.15) is 0 Å². The van der Waals surface area contributed by atoms with E-state index in [-0.39, 0.29) is 5.91 Å². The van der Waals surface area contributed by atoms with Crippen molar-refractivity contribution in [3.8, 4) is 17.0 Å². The number of carbonyl (C=O) groups is 1. The van der Waals surface area contributed by atoms with Crippen molar-refractivity contribution in [3.63, 3.8) is 0 Å². The molecular weight excluding hydrogens is 554 g/mol. The Hall–Kier alpha value is -4.41. The van der Waals surface area contributed by atoms with Gasteiger partial charge in [0.25, 0.3) is 0 Å². The standard InChI is InChI=1S/C34H43N7O3/c1-7-31(42)36-27-19-28(30(44-6)20-29(27)40(4)17-16-39(2)3)37-34-35-21-24(13-10-18-43-5)32(38-34)26-22-41-15-9-12-23-11-8-14-25(26)33(23)41/h7-8,11,14,19-22H,1,9-10,12-13,15-18H2,2-6H3,(H,36,42)(H,35,37,38). The molecule has 0 aliphatic carbocycles. The second-order valence-electron chi connectivity index (χ2n) is 11.4. The molecule has 1 aliphatic rings. The minimum atomic E-state index is -0.296. The van der Waals surface area contributed by atoms with Crippen molar-refractivity contribution >= 4 is 39.8 Å². The third kappa shape index (κ3) is 6.71. The summed E-state index contributed by atoms with van der Waals surface area (Å²) in [7, 11) is 9.41. The van der Waals surface area contributed by atoms with E-state index in [4.69, 9.17) is 19.4 Å². The Kier molecular flexibility index (Phi) is 9.82. The van der Waals surface area contributed by atoms with Crippen LogP contribution in [0.4, 0.5) is 23.0 Å². The molecule has 0 unspecified atom stereocenters.